The number of piperazine rings is 1. The summed E-state index contributed by atoms with van der Waals surface area (Å²) in [5.74, 6) is 0.689. The van der Waals surface area contributed by atoms with Gasteiger partial charge in [-0.15, -0.1) is 0 Å². The van der Waals surface area contributed by atoms with E-state index in [1.807, 2.05) is 25.7 Å². The van der Waals surface area contributed by atoms with E-state index in [1.54, 1.807) is 0 Å². The lowest BCUT2D eigenvalue weighted by molar-refractivity contribution is -0.156. The van der Waals surface area contributed by atoms with Crippen molar-refractivity contribution in [1.82, 2.24) is 9.80 Å². The summed E-state index contributed by atoms with van der Waals surface area (Å²) in [5, 5.41) is 0. The fourth-order valence-corrected chi connectivity index (χ4v) is 2.61. The van der Waals surface area contributed by atoms with E-state index in [1.165, 1.54) is 19.4 Å². The Morgan fingerprint density at radius 2 is 1.67 bits per heavy atom. The zero-order chi connectivity index (χ0) is 15.5. The minimum atomic E-state index is -0.478. The number of ether oxygens (including phenoxy) is 1. The Bertz CT molecular complexity index is 377. The van der Waals surface area contributed by atoms with Gasteiger partial charge in [-0.25, -0.2) is 0 Å². The molecule has 0 aromatic carbocycles. The summed E-state index contributed by atoms with van der Waals surface area (Å²) in [7, 11) is 0. The Labute approximate surface area is 127 Å². The van der Waals surface area contributed by atoms with Crippen molar-refractivity contribution < 1.29 is 14.3 Å². The summed E-state index contributed by atoms with van der Waals surface area (Å²) in [4.78, 5) is 28.1. The van der Waals surface area contributed by atoms with Crippen LogP contribution < -0.4 is 0 Å². The highest BCUT2D eigenvalue weighted by Crippen LogP contribution is 2.29. The van der Waals surface area contributed by atoms with E-state index in [0.29, 0.717) is 0 Å². The Balaban J connectivity index is 1.63. The molecule has 1 saturated carbocycles. The first-order valence-electron chi connectivity index (χ1n) is 8.05. The summed E-state index contributed by atoms with van der Waals surface area (Å²) in [6.07, 6.45) is 3.18. The molecule has 5 nitrogen and oxygen atoms in total. The van der Waals surface area contributed by atoms with Crippen LogP contribution in [0, 0.1) is 5.92 Å². The third kappa shape index (κ3) is 6.04. The third-order valence-electron chi connectivity index (χ3n) is 3.90. The Morgan fingerprint density at radius 3 is 2.19 bits per heavy atom. The van der Waals surface area contributed by atoms with Crippen LogP contribution in [0.4, 0.5) is 0 Å². The van der Waals surface area contributed by atoms with Crippen molar-refractivity contribution in [2.45, 2.75) is 52.1 Å². The predicted molar refractivity (Wildman–Crippen MR) is 80.8 cm³/mol. The second-order valence-electron chi connectivity index (χ2n) is 7.21. The molecule has 0 spiro atoms. The molecule has 1 amide bonds. The molecule has 0 atom stereocenters. The van der Waals surface area contributed by atoms with Crippen LogP contribution in [0.2, 0.25) is 0 Å². The van der Waals surface area contributed by atoms with Crippen LogP contribution in [0.5, 0.6) is 0 Å². The molecule has 21 heavy (non-hydrogen) atoms. The summed E-state index contributed by atoms with van der Waals surface area (Å²) in [6.45, 7) is 10.2. The number of nitrogens with zero attached hydrogens (tertiary/aromatic N) is 2. The number of rotatable bonds is 5. The number of carbonyl (C=O) groups excluding carboxylic acids is 2. The molecule has 0 N–H and O–H groups in total. The Morgan fingerprint density at radius 1 is 1.05 bits per heavy atom. The standard InChI is InChI=1S/C16H28N2O3/c1-16(2,3)21-15(20)7-6-14(19)18-10-8-17(9-11-18)12-13-4-5-13/h13H,4-12H2,1-3H3. The van der Waals surface area contributed by atoms with Gasteiger partial charge >= 0.3 is 5.97 Å². The fraction of sp³-hybridized carbons (Fsp3) is 0.875. The molecule has 2 fully saturated rings. The predicted octanol–water partition coefficient (Wildman–Crippen LogP) is 1.66. The Hall–Kier alpha value is -1.10. The minimum Gasteiger partial charge on any atom is -0.460 e. The normalized spacial score (nSPS) is 20.4. The van der Waals surface area contributed by atoms with E-state index in [2.05, 4.69) is 4.90 Å². The molecule has 0 aromatic heterocycles. The lowest BCUT2D eigenvalue weighted by Gasteiger charge is -2.34. The lowest BCUT2D eigenvalue weighted by Crippen LogP contribution is -2.49. The van der Waals surface area contributed by atoms with E-state index in [9.17, 15) is 9.59 Å². The SMILES string of the molecule is CC(C)(C)OC(=O)CCC(=O)N1CCN(CC2CC2)CC1. The number of esters is 1. The molecule has 1 saturated heterocycles. The smallest absolute Gasteiger partial charge is 0.306 e. The number of hydrogen-bond donors (Lipinski definition) is 0. The zero-order valence-electron chi connectivity index (χ0n) is 13.6. The van der Waals surface area contributed by atoms with Gasteiger partial charge in [-0.3, -0.25) is 14.5 Å². The number of carbonyl (C=O) groups is 2. The van der Waals surface area contributed by atoms with Crippen LogP contribution in [0.25, 0.3) is 0 Å². The van der Waals surface area contributed by atoms with Crippen molar-refractivity contribution >= 4 is 11.9 Å². The second-order valence-corrected chi connectivity index (χ2v) is 7.21. The maximum Gasteiger partial charge on any atom is 0.306 e. The topological polar surface area (TPSA) is 49.9 Å². The van der Waals surface area contributed by atoms with Crippen LogP contribution in [-0.2, 0) is 14.3 Å². The minimum absolute atomic E-state index is 0.0759. The van der Waals surface area contributed by atoms with Crippen molar-refractivity contribution in [2.24, 2.45) is 5.92 Å². The van der Waals surface area contributed by atoms with Gasteiger partial charge in [-0.1, -0.05) is 0 Å². The van der Waals surface area contributed by atoms with Crippen LogP contribution in [-0.4, -0.2) is 60.0 Å². The van der Waals surface area contributed by atoms with E-state index in [-0.39, 0.29) is 24.7 Å². The molecule has 0 unspecified atom stereocenters. The molecule has 1 heterocycles. The molecule has 0 radical (unpaired) electrons. The van der Waals surface area contributed by atoms with Crippen LogP contribution in [0.15, 0.2) is 0 Å². The highest BCUT2D eigenvalue weighted by Gasteiger charge is 2.27. The van der Waals surface area contributed by atoms with Gasteiger partial charge in [0.05, 0.1) is 6.42 Å². The summed E-state index contributed by atoms with van der Waals surface area (Å²) in [6, 6.07) is 0. The van der Waals surface area contributed by atoms with Crippen molar-refractivity contribution in [3.63, 3.8) is 0 Å². The van der Waals surface area contributed by atoms with Crippen molar-refractivity contribution in [3.05, 3.63) is 0 Å². The quantitative estimate of drug-likeness (QED) is 0.724. The first kappa shape index (κ1) is 16.3. The number of amides is 1. The van der Waals surface area contributed by atoms with Gasteiger partial charge in [0.2, 0.25) is 5.91 Å². The first-order chi connectivity index (χ1) is 9.83. The molecule has 5 heteroatoms. The average Bonchev–Trinajstić information content (AvgIpc) is 3.19. The second kappa shape index (κ2) is 6.77. The van der Waals surface area contributed by atoms with Gasteiger partial charge in [0, 0.05) is 39.1 Å². The van der Waals surface area contributed by atoms with Gasteiger partial charge in [-0.2, -0.15) is 0 Å². The third-order valence-corrected chi connectivity index (χ3v) is 3.90. The van der Waals surface area contributed by atoms with E-state index >= 15 is 0 Å². The van der Waals surface area contributed by atoms with Crippen molar-refractivity contribution in [2.75, 3.05) is 32.7 Å². The molecule has 2 rings (SSSR count). The van der Waals surface area contributed by atoms with Gasteiger partial charge < -0.3 is 9.64 Å². The number of hydrogen-bond acceptors (Lipinski definition) is 4. The largest absolute Gasteiger partial charge is 0.460 e. The van der Waals surface area contributed by atoms with E-state index in [0.717, 1.165) is 32.1 Å². The average molecular weight is 296 g/mol. The monoisotopic (exact) mass is 296 g/mol. The lowest BCUT2D eigenvalue weighted by atomic mass is 10.2. The van der Waals surface area contributed by atoms with Crippen molar-refractivity contribution in [1.29, 1.82) is 0 Å². The fourth-order valence-electron chi connectivity index (χ4n) is 2.61. The molecular weight excluding hydrogens is 268 g/mol. The maximum absolute atomic E-state index is 12.1. The zero-order valence-corrected chi connectivity index (χ0v) is 13.6. The van der Waals surface area contributed by atoms with Gasteiger partial charge in [0.1, 0.15) is 5.60 Å². The van der Waals surface area contributed by atoms with Gasteiger partial charge in [0.25, 0.3) is 0 Å². The highest BCUT2D eigenvalue weighted by atomic mass is 16.6. The molecular formula is C16H28N2O3. The van der Waals surface area contributed by atoms with Crippen LogP contribution in [0.1, 0.15) is 46.5 Å². The van der Waals surface area contributed by atoms with Crippen LogP contribution in [0.3, 0.4) is 0 Å². The molecule has 2 aliphatic rings. The summed E-state index contributed by atoms with van der Waals surface area (Å²) < 4.78 is 5.23. The van der Waals surface area contributed by atoms with Crippen LogP contribution >= 0.6 is 0 Å². The van der Waals surface area contributed by atoms with E-state index in [4.69, 9.17) is 4.74 Å². The summed E-state index contributed by atoms with van der Waals surface area (Å²) in [5.41, 5.74) is -0.478. The maximum atomic E-state index is 12.1. The molecule has 0 aromatic rings. The molecule has 120 valence electrons. The molecule has 1 aliphatic carbocycles. The van der Waals surface area contributed by atoms with Gasteiger partial charge in [-0.05, 0) is 39.5 Å². The van der Waals surface area contributed by atoms with E-state index < -0.39 is 5.60 Å². The highest BCUT2D eigenvalue weighted by molar-refractivity contribution is 5.81. The molecule has 0 bridgehead atoms. The van der Waals surface area contributed by atoms with Gasteiger partial charge in [0.15, 0.2) is 0 Å². The summed E-state index contributed by atoms with van der Waals surface area (Å²) >= 11 is 0. The molecule has 1 aliphatic heterocycles. The Kier molecular flexibility index (Phi) is 5.25. The first-order valence-corrected chi connectivity index (χ1v) is 8.05. The van der Waals surface area contributed by atoms with Crippen molar-refractivity contribution in [3.8, 4) is 0 Å².